The molecule has 1 atom stereocenters. The van der Waals surface area contributed by atoms with Crippen LogP contribution in [0.25, 0.3) is 11.1 Å². The van der Waals surface area contributed by atoms with Crippen molar-refractivity contribution in [3.63, 3.8) is 0 Å². The standard InChI is InChI=1S/C17H17NO2S2/c1-21-13-4-2-3-11(9-13)12-5-6-14-15(20-17(18)19)7-8-22-16(14)10-12/h2-6,9-10,15H,7-8H2,1H3,(H2,18,19). The number of ether oxygens (including phenoxy) is 1. The lowest BCUT2D eigenvalue weighted by Gasteiger charge is -2.24. The molecule has 0 aromatic heterocycles. The highest BCUT2D eigenvalue weighted by molar-refractivity contribution is 7.99. The number of thioether (sulfide) groups is 2. The van der Waals surface area contributed by atoms with Crippen LogP contribution in [0.3, 0.4) is 0 Å². The second kappa shape index (κ2) is 6.67. The van der Waals surface area contributed by atoms with Gasteiger partial charge >= 0.3 is 6.09 Å². The van der Waals surface area contributed by atoms with Gasteiger partial charge in [-0.15, -0.1) is 23.5 Å². The third kappa shape index (κ3) is 3.25. The zero-order valence-corrected chi connectivity index (χ0v) is 13.9. The van der Waals surface area contributed by atoms with E-state index in [2.05, 4.69) is 48.7 Å². The van der Waals surface area contributed by atoms with E-state index in [4.69, 9.17) is 10.5 Å². The number of hydrogen-bond acceptors (Lipinski definition) is 4. The van der Waals surface area contributed by atoms with Crippen LogP contribution in [0.4, 0.5) is 4.79 Å². The molecule has 1 heterocycles. The Bertz CT molecular complexity index is 703. The molecule has 0 spiro atoms. The highest BCUT2D eigenvalue weighted by Crippen LogP contribution is 2.40. The van der Waals surface area contributed by atoms with Crippen molar-refractivity contribution in [1.82, 2.24) is 0 Å². The quantitative estimate of drug-likeness (QED) is 0.828. The zero-order valence-electron chi connectivity index (χ0n) is 12.2. The molecule has 22 heavy (non-hydrogen) atoms. The van der Waals surface area contributed by atoms with Gasteiger partial charge in [-0.25, -0.2) is 4.79 Å². The summed E-state index contributed by atoms with van der Waals surface area (Å²) in [5.41, 5.74) is 8.60. The van der Waals surface area contributed by atoms with E-state index in [-0.39, 0.29) is 6.10 Å². The molecule has 2 N–H and O–H groups in total. The van der Waals surface area contributed by atoms with Crippen molar-refractivity contribution >= 4 is 29.6 Å². The third-order valence-electron chi connectivity index (χ3n) is 3.66. The average molecular weight is 331 g/mol. The molecular weight excluding hydrogens is 314 g/mol. The van der Waals surface area contributed by atoms with E-state index < -0.39 is 6.09 Å². The number of rotatable bonds is 3. The lowest BCUT2D eigenvalue weighted by Crippen LogP contribution is -2.20. The van der Waals surface area contributed by atoms with Gasteiger partial charge in [0, 0.05) is 21.1 Å². The van der Waals surface area contributed by atoms with Gasteiger partial charge in [0.05, 0.1) is 0 Å². The Morgan fingerprint density at radius 3 is 2.86 bits per heavy atom. The SMILES string of the molecule is CSc1cccc(-c2ccc3c(c2)SCCC3OC(N)=O)c1. The molecular formula is C17H17NO2S2. The smallest absolute Gasteiger partial charge is 0.405 e. The zero-order chi connectivity index (χ0) is 15.5. The van der Waals surface area contributed by atoms with Crippen molar-refractivity contribution in [2.24, 2.45) is 5.73 Å². The van der Waals surface area contributed by atoms with E-state index in [1.54, 1.807) is 23.5 Å². The summed E-state index contributed by atoms with van der Waals surface area (Å²) >= 11 is 3.54. The van der Waals surface area contributed by atoms with Crippen LogP contribution in [-0.4, -0.2) is 18.1 Å². The predicted molar refractivity (Wildman–Crippen MR) is 92.4 cm³/mol. The van der Waals surface area contributed by atoms with Crippen molar-refractivity contribution in [3.05, 3.63) is 48.0 Å². The minimum atomic E-state index is -0.709. The van der Waals surface area contributed by atoms with Crippen LogP contribution >= 0.6 is 23.5 Å². The Hall–Kier alpha value is -1.59. The highest BCUT2D eigenvalue weighted by atomic mass is 32.2. The number of benzene rings is 2. The second-order valence-electron chi connectivity index (χ2n) is 5.05. The van der Waals surface area contributed by atoms with Gasteiger partial charge in [0.2, 0.25) is 0 Å². The molecule has 0 bridgehead atoms. The summed E-state index contributed by atoms with van der Waals surface area (Å²) in [5.74, 6) is 0.930. The third-order valence-corrected chi connectivity index (χ3v) is 5.49. The first kappa shape index (κ1) is 15.3. The fraction of sp³-hybridized carbons (Fsp3) is 0.235. The predicted octanol–water partition coefficient (Wildman–Crippen LogP) is 4.71. The van der Waals surface area contributed by atoms with Gasteiger partial charge in [0.1, 0.15) is 6.10 Å². The maximum absolute atomic E-state index is 11.0. The molecule has 1 amide bonds. The first-order valence-corrected chi connectivity index (χ1v) is 9.25. The Morgan fingerprint density at radius 1 is 1.27 bits per heavy atom. The van der Waals surface area contributed by atoms with Gasteiger partial charge in [-0.3, -0.25) is 0 Å². The Kier molecular flexibility index (Phi) is 4.64. The molecule has 1 unspecified atom stereocenters. The lowest BCUT2D eigenvalue weighted by molar-refractivity contribution is 0.102. The molecule has 0 saturated carbocycles. The number of fused-ring (bicyclic) bond motifs is 1. The first-order valence-electron chi connectivity index (χ1n) is 7.04. The van der Waals surface area contributed by atoms with E-state index in [0.29, 0.717) is 0 Å². The largest absolute Gasteiger partial charge is 0.441 e. The molecule has 114 valence electrons. The van der Waals surface area contributed by atoms with Crippen molar-refractivity contribution in [3.8, 4) is 11.1 Å². The van der Waals surface area contributed by atoms with E-state index >= 15 is 0 Å². The summed E-state index contributed by atoms with van der Waals surface area (Å²) in [5, 5.41) is 0. The fourth-order valence-electron chi connectivity index (χ4n) is 2.60. The molecule has 1 aliphatic rings. The Labute approximate surface area is 138 Å². The topological polar surface area (TPSA) is 52.3 Å². The molecule has 0 saturated heterocycles. The molecule has 3 rings (SSSR count). The molecule has 3 nitrogen and oxygen atoms in total. The molecule has 2 aromatic rings. The van der Waals surface area contributed by atoms with E-state index in [0.717, 1.165) is 17.7 Å². The van der Waals surface area contributed by atoms with Crippen molar-refractivity contribution < 1.29 is 9.53 Å². The summed E-state index contributed by atoms with van der Waals surface area (Å²) in [6.07, 6.45) is 1.95. The highest BCUT2D eigenvalue weighted by Gasteiger charge is 2.23. The van der Waals surface area contributed by atoms with Crippen LogP contribution in [0.1, 0.15) is 18.1 Å². The monoisotopic (exact) mass is 331 g/mol. The van der Waals surface area contributed by atoms with Gasteiger partial charge in [0.15, 0.2) is 0 Å². The van der Waals surface area contributed by atoms with Gasteiger partial charge < -0.3 is 10.5 Å². The summed E-state index contributed by atoms with van der Waals surface area (Å²) in [6.45, 7) is 0. The number of carbonyl (C=O) groups excluding carboxylic acids is 1. The van der Waals surface area contributed by atoms with Crippen LogP contribution in [0, 0.1) is 0 Å². The summed E-state index contributed by atoms with van der Waals surface area (Å²) in [6, 6.07) is 14.8. The average Bonchev–Trinajstić information content (AvgIpc) is 2.54. The number of hydrogen-bond donors (Lipinski definition) is 1. The Balaban J connectivity index is 1.94. The fourth-order valence-corrected chi connectivity index (χ4v) is 4.19. The minimum absolute atomic E-state index is 0.222. The van der Waals surface area contributed by atoms with Crippen LogP contribution in [0.15, 0.2) is 52.3 Å². The molecule has 0 fully saturated rings. The Morgan fingerprint density at radius 2 is 2.09 bits per heavy atom. The van der Waals surface area contributed by atoms with Gasteiger partial charge in [-0.2, -0.15) is 0 Å². The van der Waals surface area contributed by atoms with Crippen molar-refractivity contribution in [2.75, 3.05) is 12.0 Å². The van der Waals surface area contributed by atoms with Crippen LogP contribution in [-0.2, 0) is 4.74 Å². The number of nitrogens with two attached hydrogens (primary N) is 1. The second-order valence-corrected chi connectivity index (χ2v) is 7.06. The van der Waals surface area contributed by atoms with Gasteiger partial charge in [0.25, 0.3) is 0 Å². The normalized spacial score (nSPS) is 16.9. The molecule has 0 radical (unpaired) electrons. The number of primary amides is 1. The molecule has 0 aliphatic carbocycles. The van der Waals surface area contributed by atoms with E-state index in [9.17, 15) is 4.79 Å². The van der Waals surface area contributed by atoms with Crippen LogP contribution in [0.2, 0.25) is 0 Å². The summed E-state index contributed by atoms with van der Waals surface area (Å²) in [4.78, 5) is 13.4. The number of amides is 1. The minimum Gasteiger partial charge on any atom is -0.441 e. The van der Waals surface area contributed by atoms with Crippen molar-refractivity contribution in [1.29, 1.82) is 0 Å². The van der Waals surface area contributed by atoms with Crippen LogP contribution < -0.4 is 5.73 Å². The number of carbonyl (C=O) groups is 1. The first-order chi connectivity index (χ1) is 10.7. The van der Waals surface area contributed by atoms with Gasteiger partial charge in [-0.1, -0.05) is 24.3 Å². The maximum Gasteiger partial charge on any atom is 0.405 e. The van der Waals surface area contributed by atoms with Crippen LogP contribution in [0.5, 0.6) is 0 Å². The van der Waals surface area contributed by atoms with E-state index in [1.807, 2.05) is 0 Å². The van der Waals surface area contributed by atoms with Crippen molar-refractivity contribution in [2.45, 2.75) is 22.3 Å². The lowest BCUT2D eigenvalue weighted by atomic mass is 10.0. The summed E-state index contributed by atoms with van der Waals surface area (Å²) < 4.78 is 5.22. The molecule has 1 aliphatic heterocycles. The molecule has 2 aromatic carbocycles. The summed E-state index contributed by atoms with van der Waals surface area (Å²) in [7, 11) is 0. The van der Waals surface area contributed by atoms with Gasteiger partial charge in [-0.05, 0) is 42.0 Å². The van der Waals surface area contributed by atoms with E-state index in [1.165, 1.54) is 20.9 Å². The molecule has 5 heteroatoms. The maximum atomic E-state index is 11.0.